The molecule has 0 atom stereocenters. The normalized spacial score (nSPS) is 15.0. The summed E-state index contributed by atoms with van der Waals surface area (Å²) >= 11 is 0. The van der Waals surface area contributed by atoms with E-state index in [9.17, 15) is 9.59 Å². The van der Waals surface area contributed by atoms with Crippen molar-refractivity contribution in [2.24, 2.45) is 0 Å². The molecule has 0 spiro atoms. The monoisotopic (exact) mass is 352 g/mol. The largest absolute Gasteiger partial charge is 0.335 e. The SMILES string of the molecule is Cc1cccc(C)c1NC(=O)c1ccnc(C(=O)N2CCN(C)CC2)c1. The standard InChI is InChI=1S/C20H24N4O2/c1-14-5-4-6-15(2)18(14)22-19(25)16-7-8-21-17(13-16)20(26)24-11-9-23(3)10-12-24/h4-8,13H,9-12H2,1-3H3,(H,22,25). The van der Waals surface area contributed by atoms with Crippen molar-refractivity contribution in [2.45, 2.75) is 13.8 Å². The van der Waals surface area contributed by atoms with Crippen molar-refractivity contribution in [1.29, 1.82) is 0 Å². The lowest BCUT2D eigenvalue weighted by Crippen LogP contribution is -2.47. The molecule has 1 aromatic heterocycles. The van der Waals surface area contributed by atoms with E-state index in [1.54, 1.807) is 17.0 Å². The third-order valence-electron chi connectivity index (χ3n) is 4.75. The topological polar surface area (TPSA) is 65.5 Å². The van der Waals surface area contributed by atoms with Crippen molar-refractivity contribution in [1.82, 2.24) is 14.8 Å². The number of hydrogen-bond acceptors (Lipinski definition) is 4. The molecule has 2 heterocycles. The number of para-hydroxylation sites is 1. The van der Waals surface area contributed by atoms with Crippen LogP contribution in [-0.4, -0.2) is 59.8 Å². The van der Waals surface area contributed by atoms with Gasteiger partial charge in [-0.05, 0) is 44.2 Å². The summed E-state index contributed by atoms with van der Waals surface area (Å²) in [5.74, 6) is -0.364. The Hall–Kier alpha value is -2.73. The second-order valence-corrected chi connectivity index (χ2v) is 6.75. The molecule has 0 saturated carbocycles. The quantitative estimate of drug-likeness (QED) is 0.921. The minimum atomic E-state index is -0.239. The van der Waals surface area contributed by atoms with Crippen molar-refractivity contribution in [3.8, 4) is 0 Å². The molecule has 1 N–H and O–H groups in total. The van der Waals surface area contributed by atoms with Crippen LogP contribution in [0.1, 0.15) is 32.0 Å². The fraction of sp³-hybridized carbons (Fsp3) is 0.350. The van der Waals surface area contributed by atoms with Gasteiger partial charge in [-0.2, -0.15) is 0 Å². The molecule has 0 radical (unpaired) electrons. The molecule has 2 aromatic rings. The molecule has 136 valence electrons. The smallest absolute Gasteiger partial charge is 0.272 e. The first-order valence-electron chi connectivity index (χ1n) is 8.77. The Bertz CT molecular complexity index is 806. The Morgan fingerprint density at radius 1 is 1.04 bits per heavy atom. The molecule has 6 nitrogen and oxygen atoms in total. The molecule has 0 aliphatic carbocycles. The van der Waals surface area contributed by atoms with E-state index in [-0.39, 0.29) is 11.8 Å². The fourth-order valence-electron chi connectivity index (χ4n) is 3.06. The van der Waals surface area contributed by atoms with Crippen molar-refractivity contribution in [2.75, 3.05) is 38.5 Å². The predicted octanol–water partition coefficient (Wildman–Crippen LogP) is 2.34. The number of rotatable bonds is 3. The Kier molecular flexibility index (Phi) is 5.32. The molecule has 26 heavy (non-hydrogen) atoms. The van der Waals surface area contributed by atoms with Crippen LogP contribution in [0.3, 0.4) is 0 Å². The number of carbonyl (C=O) groups is 2. The third-order valence-corrected chi connectivity index (χ3v) is 4.75. The van der Waals surface area contributed by atoms with Crippen molar-refractivity contribution < 1.29 is 9.59 Å². The number of nitrogens with one attached hydrogen (secondary N) is 1. The van der Waals surface area contributed by atoms with Gasteiger partial charge in [0.15, 0.2) is 0 Å². The van der Waals surface area contributed by atoms with Gasteiger partial charge in [-0.15, -0.1) is 0 Å². The number of benzene rings is 1. The highest BCUT2D eigenvalue weighted by Gasteiger charge is 2.22. The number of amides is 2. The number of likely N-dealkylation sites (N-methyl/N-ethyl adjacent to an activating group) is 1. The summed E-state index contributed by atoms with van der Waals surface area (Å²) in [6.07, 6.45) is 1.52. The van der Waals surface area contributed by atoms with E-state index in [2.05, 4.69) is 15.2 Å². The third kappa shape index (κ3) is 3.91. The van der Waals surface area contributed by atoms with Crippen LogP contribution in [0, 0.1) is 13.8 Å². The summed E-state index contributed by atoms with van der Waals surface area (Å²) in [4.78, 5) is 33.4. The highest BCUT2D eigenvalue weighted by Crippen LogP contribution is 2.20. The van der Waals surface area contributed by atoms with E-state index in [1.807, 2.05) is 39.1 Å². The Balaban J connectivity index is 1.76. The van der Waals surface area contributed by atoms with Crippen molar-refractivity contribution >= 4 is 17.5 Å². The lowest BCUT2D eigenvalue weighted by Gasteiger charge is -2.32. The van der Waals surface area contributed by atoms with Crippen LogP contribution in [0.5, 0.6) is 0 Å². The summed E-state index contributed by atoms with van der Waals surface area (Å²) < 4.78 is 0. The van der Waals surface area contributed by atoms with Crippen LogP contribution in [0.4, 0.5) is 5.69 Å². The maximum atomic E-state index is 12.7. The average molecular weight is 352 g/mol. The van der Waals surface area contributed by atoms with E-state index in [4.69, 9.17) is 0 Å². The molecular formula is C20H24N4O2. The molecule has 1 saturated heterocycles. The Morgan fingerprint density at radius 2 is 1.69 bits per heavy atom. The highest BCUT2D eigenvalue weighted by molar-refractivity contribution is 6.06. The lowest BCUT2D eigenvalue weighted by atomic mass is 10.1. The van der Waals surface area contributed by atoms with Crippen LogP contribution in [-0.2, 0) is 0 Å². The second kappa shape index (κ2) is 7.66. The molecule has 1 aromatic carbocycles. The molecule has 1 aliphatic rings. The van der Waals surface area contributed by atoms with Gasteiger partial charge in [0.1, 0.15) is 5.69 Å². The maximum Gasteiger partial charge on any atom is 0.272 e. The first-order valence-corrected chi connectivity index (χ1v) is 8.77. The first kappa shape index (κ1) is 18.1. The fourth-order valence-corrected chi connectivity index (χ4v) is 3.06. The molecular weight excluding hydrogens is 328 g/mol. The van der Waals surface area contributed by atoms with Crippen molar-refractivity contribution in [3.63, 3.8) is 0 Å². The minimum Gasteiger partial charge on any atom is -0.335 e. The van der Waals surface area contributed by atoms with Gasteiger partial charge in [-0.25, -0.2) is 0 Å². The summed E-state index contributed by atoms with van der Waals surface area (Å²) in [5.41, 5.74) is 3.55. The predicted molar refractivity (Wildman–Crippen MR) is 102 cm³/mol. The van der Waals surface area contributed by atoms with Gasteiger partial charge in [0.2, 0.25) is 0 Å². The van der Waals surface area contributed by atoms with Crippen LogP contribution in [0.25, 0.3) is 0 Å². The average Bonchev–Trinajstić information content (AvgIpc) is 2.65. The molecule has 6 heteroatoms. The molecule has 1 fully saturated rings. The molecule has 0 unspecified atom stereocenters. The van der Waals surface area contributed by atoms with Gasteiger partial charge in [-0.3, -0.25) is 14.6 Å². The number of hydrogen-bond donors (Lipinski definition) is 1. The summed E-state index contributed by atoms with van der Waals surface area (Å²) in [6, 6.07) is 9.07. The second-order valence-electron chi connectivity index (χ2n) is 6.75. The van der Waals surface area contributed by atoms with E-state index < -0.39 is 0 Å². The number of pyridine rings is 1. The molecule has 2 amide bonds. The Labute approximate surface area is 153 Å². The van der Waals surface area contributed by atoms with Crippen molar-refractivity contribution in [3.05, 3.63) is 58.9 Å². The summed E-state index contributed by atoms with van der Waals surface area (Å²) in [5, 5.41) is 2.95. The van der Waals surface area contributed by atoms with Crippen LogP contribution in [0.2, 0.25) is 0 Å². The minimum absolute atomic E-state index is 0.125. The number of piperazine rings is 1. The van der Waals surface area contributed by atoms with Crippen LogP contribution in [0.15, 0.2) is 36.5 Å². The number of nitrogens with zero attached hydrogens (tertiary/aromatic N) is 3. The zero-order valence-electron chi connectivity index (χ0n) is 15.5. The number of carbonyl (C=O) groups excluding carboxylic acids is 2. The lowest BCUT2D eigenvalue weighted by molar-refractivity contribution is 0.0658. The number of aryl methyl sites for hydroxylation is 2. The van der Waals surface area contributed by atoms with Gasteiger partial charge in [-0.1, -0.05) is 18.2 Å². The summed E-state index contributed by atoms with van der Waals surface area (Å²) in [6.45, 7) is 6.96. The molecule has 3 rings (SSSR count). The van der Waals surface area contributed by atoms with E-state index >= 15 is 0 Å². The molecule has 0 bridgehead atoms. The maximum absolute atomic E-state index is 12.7. The van der Waals surface area contributed by atoms with E-state index in [0.717, 1.165) is 29.9 Å². The molecule has 1 aliphatic heterocycles. The number of aromatic nitrogens is 1. The van der Waals surface area contributed by atoms with Crippen LogP contribution < -0.4 is 5.32 Å². The zero-order chi connectivity index (χ0) is 18.7. The summed E-state index contributed by atoms with van der Waals surface area (Å²) in [7, 11) is 2.04. The van der Waals surface area contributed by atoms with Crippen LogP contribution >= 0.6 is 0 Å². The van der Waals surface area contributed by atoms with Gasteiger partial charge in [0, 0.05) is 43.6 Å². The number of anilines is 1. The highest BCUT2D eigenvalue weighted by atomic mass is 16.2. The van der Waals surface area contributed by atoms with E-state index in [1.165, 1.54) is 6.20 Å². The van der Waals surface area contributed by atoms with Gasteiger partial charge in [0.25, 0.3) is 11.8 Å². The van der Waals surface area contributed by atoms with E-state index in [0.29, 0.717) is 24.3 Å². The van der Waals surface area contributed by atoms with Gasteiger partial charge in [0.05, 0.1) is 0 Å². The van der Waals surface area contributed by atoms with Gasteiger partial charge < -0.3 is 15.1 Å². The van der Waals surface area contributed by atoms with Gasteiger partial charge >= 0.3 is 0 Å². The zero-order valence-corrected chi connectivity index (χ0v) is 15.5. The Morgan fingerprint density at radius 3 is 2.35 bits per heavy atom. The first-order chi connectivity index (χ1) is 12.5.